The van der Waals surface area contributed by atoms with Crippen LogP contribution >= 0.6 is 11.6 Å². The van der Waals surface area contributed by atoms with Gasteiger partial charge in [-0.05, 0) is 30.7 Å². The number of halogens is 1. The Kier molecular flexibility index (Phi) is 5.39. The molecule has 21 heavy (non-hydrogen) atoms. The monoisotopic (exact) mass is 306 g/mol. The molecule has 0 N–H and O–H groups in total. The third kappa shape index (κ3) is 4.33. The summed E-state index contributed by atoms with van der Waals surface area (Å²) in [5, 5.41) is 0.642. The number of nitrogens with zero attached hydrogens (tertiary/aromatic N) is 2. The molecular formula is C16H19ClN2O2. The molecule has 0 radical (unpaired) electrons. The molecule has 1 fully saturated rings. The summed E-state index contributed by atoms with van der Waals surface area (Å²) in [7, 11) is 0. The molecule has 2 amide bonds. The summed E-state index contributed by atoms with van der Waals surface area (Å²) < 4.78 is 0. The van der Waals surface area contributed by atoms with Crippen LogP contribution < -0.4 is 0 Å². The minimum Gasteiger partial charge on any atom is -0.341 e. The molecule has 0 atom stereocenters. The van der Waals surface area contributed by atoms with Crippen LogP contribution in [0.3, 0.4) is 0 Å². The molecule has 0 unspecified atom stereocenters. The van der Waals surface area contributed by atoms with Crippen LogP contribution in [-0.4, -0.2) is 47.8 Å². The van der Waals surface area contributed by atoms with Gasteiger partial charge in [0.15, 0.2) is 0 Å². The lowest BCUT2D eigenvalue weighted by atomic mass is 10.2. The molecule has 112 valence electrons. The van der Waals surface area contributed by atoms with E-state index in [1.807, 2.05) is 19.1 Å². The highest BCUT2D eigenvalue weighted by molar-refractivity contribution is 6.30. The molecule has 1 aromatic rings. The second-order valence-corrected chi connectivity index (χ2v) is 5.37. The number of carbonyl (C=O) groups is 2. The van der Waals surface area contributed by atoms with Gasteiger partial charge in [0.2, 0.25) is 11.8 Å². The lowest BCUT2D eigenvalue weighted by Gasteiger charge is -2.19. The largest absolute Gasteiger partial charge is 0.341 e. The number of hydrogen-bond donors (Lipinski definition) is 0. The van der Waals surface area contributed by atoms with Gasteiger partial charge in [-0.15, -0.1) is 0 Å². The quantitative estimate of drug-likeness (QED) is 0.805. The highest BCUT2D eigenvalue weighted by Crippen LogP contribution is 2.12. The van der Waals surface area contributed by atoms with Crippen molar-refractivity contribution in [3.63, 3.8) is 0 Å². The van der Waals surface area contributed by atoms with Crippen molar-refractivity contribution in [2.45, 2.75) is 13.3 Å². The Balaban J connectivity index is 1.98. The van der Waals surface area contributed by atoms with Crippen molar-refractivity contribution in [2.75, 3.05) is 26.2 Å². The second kappa shape index (κ2) is 7.27. The molecule has 1 aliphatic heterocycles. The molecule has 1 aromatic carbocycles. The smallest absolute Gasteiger partial charge is 0.246 e. The lowest BCUT2D eigenvalue weighted by Crippen LogP contribution is -2.34. The average Bonchev–Trinajstić information content (AvgIpc) is 2.66. The van der Waals surface area contributed by atoms with E-state index in [-0.39, 0.29) is 11.8 Å². The summed E-state index contributed by atoms with van der Waals surface area (Å²) in [6.07, 6.45) is 3.68. The predicted molar refractivity (Wildman–Crippen MR) is 83.9 cm³/mol. The molecule has 1 aliphatic rings. The minimum absolute atomic E-state index is 0.0688. The second-order valence-electron chi connectivity index (χ2n) is 4.94. The number of carbonyl (C=O) groups excluding carboxylic acids is 2. The van der Waals surface area contributed by atoms with E-state index < -0.39 is 0 Å². The zero-order valence-corrected chi connectivity index (χ0v) is 12.8. The topological polar surface area (TPSA) is 40.6 Å². The first-order chi connectivity index (χ1) is 10.1. The maximum Gasteiger partial charge on any atom is 0.246 e. The van der Waals surface area contributed by atoms with Crippen molar-refractivity contribution in [2.24, 2.45) is 0 Å². The van der Waals surface area contributed by atoms with Crippen molar-refractivity contribution < 1.29 is 9.59 Å². The van der Waals surface area contributed by atoms with Gasteiger partial charge >= 0.3 is 0 Å². The van der Waals surface area contributed by atoms with E-state index in [1.165, 1.54) is 6.08 Å². The normalized spacial score (nSPS) is 16.4. The van der Waals surface area contributed by atoms with Gasteiger partial charge in [-0.2, -0.15) is 0 Å². The average molecular weight is 307 g/mol. The molecule has 5 heteroatoms. The summed E-state index contributed by atoms with van der Waals surface area (Å²) >= 11 is 5.91. The Morgan fingerprint density at radius 2 is 2.14 bits per heavy atom. The number of benzene rings is 1. The molecule has 0 aromatic heterocycles. The van der Waals surface area contributed by atoms with Crippen LogP contribution in [0.5, 0.6) is 0 Å². The standard InChI is InChI=1S/C16H19ClN2O2/c1-2-18-10-11-19(9-8-16(18)21)15(20)7-6-13-4-3-5-14(17)12-13/h3-7,12H,2,8-11H2,1H3/b7-6+. The van der Waals surface area contributed by atoms with Gasteiger partial charge in [0.05, 0.1) is 0 Å². The van der Waals surface area contributed by atoms with E-state index in [9.17, 15) is 9.59 Å². The molecule has 1 saturated heterocycles. The Bertz CT molecular complexity index is 557. The molecule has 4 nitrogen and oxygen atoms in total. The fraction of sp³-hybridized carbons (Fsp3) is 0.375. The van der Waals surface area contributed by atoms with Gasteiger partial charge in [-0.1, -0.05) is 23.7 Å². The number of rotatable bonds is 3. The van der Waals surface area contributed by atoms with Crippen LogP contribution in [0.1, 0.15) is 18.9 Å². The van der Waals surface area contributed by atoms with Crippen molar-refractivity contribution in [1.82, 2.24) is 9.80 Å². The van der Waals surface area contributed by atoms with E-state index in [0.717, 1.165) is 5.56 Å². The Labute approximate surface area is 130 Å². The summed E-state index contributed by atoms with van der Waals surface area (Å²) in [5.74, 6) is 0.0485. The molecule has 0 saturated carbocycles. The SMILES string of the molecule is CCN1CCN(C(=O)/C=C/c2cccc(Cl)c2)CCC1=O. The van der Waals surface area contributed by atoms with Crippen LogP contribution in [-0.2, 0) is 9.59 Å². The van der Waals surface area contributed by atoms with Gasteiger partial charge in [0.25, 0.3) is 0 Å². The first kappa shape index (κ1) is 15.6. The molecule has 0 spiro atoms. The minimum atomic E-state index is -0.0688. The Hall–Kier alpha value is -1.81. The maximum absolute atomic E-state index is 12.2. The van der Waals surface area contributed by atoms with Gasteiger partial charge < -0.3 is 9.80 Å². The molecule has 0 aliphatic carbocycles. The maximum atomic E-state index is 12.2. The van der Waals surface area contributed by atoms with Gasteiger partial charge in [-0.3, -0.25) is 9.59 Å². The highest BCUT2D eigenvalue weighted by atomic mass is 35.5. The van der Waals surface area contributed by atoms with Crippen LogP contribution in [0.4, 0.5) is 0 Å². The Morgan fingerprint density at radius 1 is 1.33 bits per heavy atom. The fourth-order valence-electron chi connectivity index (χ4n) is 2.30. The summed E-state index contributed by atoms with van der Waals surface area (Å²) in [6, 6.07) is 7.33. The summed E-state index contributed by atoms with van der Waals surface area (Å²) in [6.45, 7) is 4.31. The number of hydrogen-bond acceptors (Lipinski definition) is 2. The molecule has 0 bridgehead atoms. The van der Waals surface area contributed by atoms with E-state index in [2.05, 4.69) is 0 Å². The number of likely N-dealkylation sites (N-methyl/N-ethyl adjacent to an activating group) is 1. The molecular weight excluding hydrogens is 288 g/mol. The van der Waals surface area contributed by atoms with E-state index in [4.69, 9.17) is 11.6 Å². The van der Waals surface area contributed by atoms with Gasteiger partial charge in [0, 0.05) is 43.7 Å². The van der Waals surface area contributed by atoms with E-state index in [1.54, 1.807) is 28.0 Å². The highest BCUT2D eigenvalue weighted by Gasteiger charge is 2.21. The predicted octanol–water partition coefficient (Wildman–Crippen LogP) is 2.43. The van der Waals surface area contributed by atoms with E-state index in [0.29, 0.717) is 37.6 Å². The lowest BCUT2D eigenvalue weighted by molar-refractivity contribution is -0.130. The van der Waals surface area contributed by atoms with Crippen molar-refractivity contribution in [1.29, 1.82) is 0 Å². The van der Waals surface area contributed by atoms with Crippen LogP contribution in [0.15, 0.2) is 30.3 Å². The van der Waals surface area contributed by atoms with Crippen LogP contribution in [0, 0.1) is 0 Å². The Morgan fingerprint density at radius 3 is 2.86 bits per heavy atom. The van der Waals surface area contributed by atoms with Crippen LogP contribution in [0.2, 0.25) is 5.02 Å². The third-order valence-electron chi connectivity index (χ3n) is 3.55. The van der Waals surface area contributed by atoms with Gasteiger partial charge in [0.1, 0.15) is 0 Å². The van der Waals surface area contributed by atoms with Crippen molar-refractivity contribution in [3.05, 3.63) is 40.9 Å². The van der Waals surface area contributed by atoms with E-state index >= 15 is 0 Å². The molecule has 1 heterocycles. The fourth-order valence-corrected chi connectivity index (χ4v) is 2.50. The first-order valence-corrected chi connectivity index (χ1v) is 7.48. The van der Waals surface area contributed by atoms with Crippen molar-refractivity contribution >= 4 is 29.5 Å². The summed E-state index contributed by atoms with van der Waals surface area (Å²) in [4.78, 5) is 27.5. The van der Waals surface area contributed by atoms with Crippen LogP contribution in [0.25, 0.3) is 6.08 Å². The summed E-state index contributed by atoms with van der Waals surface area (Å²) in [5.41, 5.74) is 0.886. The number of amides is 2. The van der Waals surface area contributed by atoms with Gasteiger partial charge in [-0.25, -0.2) is 0 Å². The molecule has 2 rings (SSSR count). The third-order valence-corrected chi connectivity index (χ3v) is 3.78. The van der Waals surface area contributed by atoms with Crippen molar-refractivity contribution in [3.8, 4) is 0 Å². The first-order valence-electron chi connectivity index (χ1n) is 7.10. The zero-order chi connectivity index (χ0) is 15.2. The zero-order valence-electron chi connectivity index (χ0n) is 12.1.